The van der Waals surface area contributed by atoms with Crippen molar-refractivity contribution in [2.45, 2.75) is 0 Å². The van der Waals surface area contributed by atoms with Gasteiger partial charge in [0, 0.05) is 8.41 Å². The first kappa shape index (κ1) is 51.8. The van der Waals surface area contributed by atoms with Gasteiger partial charge in [0.05, 0.1) is 4.20 Å². The van der Waals surface area contributed by atoms with Crippen LogP contribution in [0.2, 0.25) is 0 Å². The molecule has 3 radical (unpaired) electrons. The van der Waals surface area contributed by atoms with E-state index in [1.807, 2.05) is 86.6 Å². The van der Waals surface area contributed by atoms with Crippen molar-refractivity contribution in [3.8, 4) is 0 Å². The molecule has 0 aliphatic rings. The molecular formula is C17H39BNaOS7. The molecule has 2 N–H and O–H groups in total. The second-order valence-corrected chi connectivity index (χ2v) is 8.24. The number of hydrogen-bond donors (Lipinski definition) is 1. The summed E-state index contributed by atoms with van der Waals surface area (Å²) in [5.74, 6) is 0. The average molecular weight is 518 g/mol. The fourth-order valence-corrected chi connectivity index (χ4v) is 1.20. The van der Waals surface area contributed by atoms with Gasteiger partial charge in [-0.25, -0.2) is 0 Å². The van der Waals surface area contributed by atoms with Crippen LogP contribution in [-0.2, 0) is 0 Å². The summed E-state index contributed by atoms with van der Waals surface area (Å²) in [5, 5.41) is 0. The predicted molar refractivity (Wildman–Crippen MR) is 155 cm³/mol. The van der Waals surface area contributed by atoms with Gasteiger partial charge in [-0.1, -0.05) is 42.5 Å². The molecule has 1 aromatic carbocycles. The van der Waals surface area contributed by atoms with Crippen molar-refractivity contribution in [3.05, 3.63) is 35.9 Å². The third kappa shape index (κ3) is 73.6. The molecule has 0 bridgehead atoms. The molecule has 159 valence electrons. The molecule has 10 heteroatoms. The summed E-state index contributed by atoms with van der Waals surface area (Å²) < 4.78 is 0.959. The Morgan fingerprint density at radius 3 is 1.15 bits per heavy atom. The van der Waals surface area contributed by atoms with E-state index in [1.165, 1.54) is 0 Å². The third-order valence-corrected chi connectivity index (χ3v) is 2.54. The number of hydrogen-bond acceptors (Lipinski definition) is 7. The van der Waals surface area contributed by atoms with Crippen LogP contribution >= 0.6 is 83.7 Å². The number of thiol groups is 1. The van der Waals surface area contributed by atoms with Gasteiger partial charge in [-0.05, 0) is 68.1 Å². The Balaban J connectivity index is -0.0000000248. The van der Waals surface area contributed by atoms with Gasteiger partial charge < -0.3 is 6.90 Å². The van der Waals surface area contributed by atoms with Crippen LogP contribution < -0.4 is 29.6 Å². The smallest absolute Gasteiger partial charge is 1.00 e. The molecule has 0 saturated heterocycles. The van der Waals surface area contributed by atoms with Crippen LogP contribution in [0, 0.1) is 0 Å². The summed E-state index contributed by atoms with van der Waals surface area (Å²) in [6, 6.07) is 10.0. The quantitative estimate of drug-likeness (QED) is 0.350. The van der Waals surface area contributed by atoms with Gasteiger partial charge in [0.15, 0.2) is 0 Å². The Labute approximate surface area is 228 Å². The minimum absolute atomic E-state index is 0. The minimum atomic E-state index is 0. The third-order valence-electron chi connectivity index (χ3n) is 1.19. The van der Waals surface area contributed by atoms with Gasteiger partial charge in [0.1, 0.15) is 0 Å². The van der Waals surface area contributed by atoms with E-state index in [0.29, 0.717) is 0 Å². The van der Waals surface area contributed by atoms with Gasteiger partial charge >= 0.3 is 29.6 Å². The van der Waals surface area contributed by atoms with Gasteiger partial charge in [-0.15, -0.1) is 11.8 Å². The van der Waals surface area contributed by atoms with Gasteiger partial charge in [-0.2, -0.15) is 59.7 Å². The van der Waals surface area contributed by atoms with Crippen molar-refractivity contribution >= 4 is 96.3 Å². The van der Waals surface area contributed by atoms with Crippen LogP contribution in [0.3, 0.4) is 0 Å². The van der Waals surface area contributed by atoms with E-state index >= 15 is 0 Å². The van der Waals surface area contributed by atoms with Gasteiger partial charge in [0.2, 0.25) is 0 Å². The number of benzene rings is 1. The second kappa shape index (κ2) is 63.0. The second-order valence-electron chi connectivity index (χ2n) is 3.49. The molecule has 0 spiro atoms. The molecular weight excluding hydrogens is 478 g/mol. The van der Waals surface area contributed by atoms with Crippen molar-refractivity contribution in [1.29, 1.82) is 0 Å². The first-order valence-corrected chi connectivity index (χ1v) is 15.7. The van der Waals surface area contributed by atoms with E-state index in [9.17, 15) is 0 Å². The van der Waals surface area contributed by atoms with Crippen molar-refractivity contribution in [2.24, 2.45) is 0 Å². The van der Waals surface area contributed by atoms with Crippen molar-refractivity contribution < 1.29 is 36.5 Å². The monoisotopic (exact) mass is 517 g/mol. The number of thioether (sulfide) groups is 5. The molecule has 0 aliphatic heterocycles. The summed E-state index contributed by atoms with van der Waals surface area (Å²) in [5.41, 5.74) is 1.14. The van der Waals surface area contributed by atoms with Gasteiger partial charge in [-0.3, -0.25) is 0 Å². The average Bonchev–Trinajstić information content (AvgIpc) is 2.60. The van der Waals surface area contributed by atoms with Crippen molar-refractivity contribution in [3.63, 3.8) is 0 Å². The molecule has 0 saturated carbocycles. The first-order valence-electron chi connectivity index (χ1n) is 6.69. The van der Waals surface area contributed by atoms with E-state index in [1.54, 1.807) is 65.1 Å². The Hall–Kier alpha value is 2.43. The maximum Gasteiger partial charge on any atom is 1.00 e. The maximum absolute atomic E-state index is 5.08. The van der Waals surface area contributed by atoms with Crippen LogP contribution in [0.5, 0.6) is 0 Å². The normalized spacial score (nSPS) is 6.33. The summed E-state index contributed by atoms with van der Waals surface area (Å²) in [6.07, 6.45) is 20.0. The van der Waals surface area contributed by atoms with E-state index in [4.69, 9.17) is 12.2 Å². The van der Waals surface area contributed by atoms with E-state index in [0.717, 1.165) is 9.76 Å². The summed E-state index contributed by atoms with van der Waals surface area (Å²) in [4.78, 5) is 0. The Kier molecular flexibility index (Phi) is 121. The molecule has 0 aliphatic carbocycles. The summed E-state index contributed by atoms with van der Waals surface area (Å²) >= 11 is 17.2. The Morgan fingerprint density at radius 2 is 0.963 bits per heavy atom. The molecule has 0 heterocycles. The predicted octanol–water partition coefficient (Wildman–Crippen LogP) is 3.10. The minimum Gasteiger partial charge on any atom is -1.00 e. The SMILES string of the molecule is CS.CSC.CSC.CSC.CSC.CSC(=S)c1ccccc1.O.[B].[H-].[Na+]. The maximum atomic E-state index is 5.08. The van der Waals surface area contributed by atoms with Crippen molar-refractivity contribution in [2.75, 3.05) is 62.6 Å². The van der Waals surface area contributed by atoms with Crippen molar-refractivity contribution in [1.82, 2.24) is 0 Å². The molecule has 0 atom stereocenters. The molecule has 1 nitrogen and oxygen atoms in total. The molecule has 0 amide bonds. The summed E-state index contributed by atoms with van der Waals surface area (Å²) in [7, 11) is 0. The zero-order valence-electron chi connectivity index (χ0n) is 19.9. The number of thiocarbonyl (C=S) groups is 1. The van der Waals surface area contributed by atoms with Crippen LogP contribution in [0.4, 0.5) is 0 Å². The zero-order valence-corrected chi connectivity index (χ0v) is 26.7. The summed E-state index contributed by atoms with van der Waals surface area (Å²) in [6.45, 7) is 0. The van der Waals surface area contributed by atoms with Crippen LogP contribution in [-0.4, -0.2) is 80.6 Å². The standard InChI is InChI=1S/C8H8S2.4C2H6S.CH4S.B.Na.H2O.H/c1-10-8(9)7-5-3-2-4-6-7;4*1-3-2;1-2;;;;/h2-6H,1H3;4*1-2H3;2H,1H3;;;1H2;/q;;;;;;;+1;;-1. The topological polar surface area (TPSA) is 31.5 Å². The van der Waals surface area contributed by atoms with E-state index in [2.05, 4.69) is 12.6 Å². The largest absolute Gasteiger partial charge is 1.00 e. The Bertz CT molecular complexity index is 296. The molecule has 27 heavy (non-hydrogen) atoms. The number of rotatable bonds is 1. The molecule has 0 aromatic heterocycles. The van der Waals surface area contributed by atoms with Gasteiger partial charge in [0.25, 0.3) is 0 Å². The van der Waals surface area contributed by atoms with Crippen LogP contribution in [0.1, 0.15) is 6.99 Å². The van der Waals surface area contributed by atoms with E-state index < -0.39 is 0 Å². The zero-order chi connectivity index (χ0) is 20.2. The fraction of sp³-hybridized carbons (Fsp3) is 0.588. The Morgan fingerprint density at radius 1 is 0.741 bits per heavy atom. The molecule has 1 rings (SSSR count). The van der Waals surface area contributed by atoms with Crippen LogP contribution in [0.15, 0.2) is 30.3 Å². The molecule has 1 aromatic rings. The van der Waals surface area contributed by atoms with E-state index in [-0.39, 0.29) is 44.9 Å². The molecule has 0 unspecified atom stereocenters. The fourth-order valence-electron chi connectivity index (χ4n) is 0.692. The van der Waals surface area contributed by atoms with Crippen LogP contribution in [0.25, 0.3) is 0 Å². The first-order chi connectivity index (χ1) is 11.5. The molecule has 0 fully saturated rings.